The Hall–Kier alpha value is -6.17. The number of Topliss-reactive ketones (excluding diaryl/α,β-unsaturated/α-hetero) is 1. The van der Waals surface area contributed by atoms with E-state index in [1.165, 1.54) is 43.9 Å². The molecule has 0 bridgehead atoms. The molecule has 356 valence electrons. The molecule has 0 saturated carbocycles. The average Bonchev–Trinajstić information content (AvgIpc) is 3.30. The number of aromatic nitrogens is 2. The van der Waals surface area contributed by atoms with E-state index in [-0.39, 0.29) is 52.5 Å². The number of carbonyl (C=O) groups is 5. The summed E-state index contributed by atoms with van der Waals surface area (Å²) in [5, 5.41) is 78.1. The van der Waals surface area contributed by atoms with Gasteiger partial charge in [-0.05, 0) is 30.9 Å². The molecular weight excluding hydrogens is 873 g/mol. The molecule has 0 spiro atoms. The fourth-order valence-electron chi connectivity index (χ4n) is 8.50. The maximum absolute atomic E-state index is 13.6. The second-order valence-corrected chi connectivity index (χ2v) is 17.1. The summed E-state index contributed by atoms with van der Waals surface area (Å²) in [6.45, 7) is 4.39. The lowest BCUT2D eigenvalue weighted by atomic mass is 9.72. The molecule has 1 aromatic heterocycles. The number of methoxy groups -OCH3 is 1. The molecule has 1 saturated heterocycles. The Balaban J connectivity index is 0.000000234. The van der Waals surface area contributed by atoms with Crippen molar-refractivity contribution in [1.82, 2.24) is 20.6 Å². The van der Waals surface area contributed by atoms with Gasteiger partial charge in [-0.3, -0.25) is 29.0 Å². The van der Waals surface area contributed by atoms with Crippen LogP contribution in [0.4, 0.5) is 0 Å². The van der Waals surface area contributed by atoms with Crippen molar-refractivity contribution in [3.63, 3.8) is 0 Å². The number of carbonyl (C=O) groups excluding carboxylic acids is 5. The first kappa shape index (κ1) is 50.3. The van der Waals surface area contributed by atoms with Gasteiger partial charge in [-0.1, -0.05) is 56.3 Å². The summed E-state index contributed by atoms with van der Waals surface area (Å²) in [7, 11) is -0.373. The average molecular weight is 928 g/mol. The van der Waals surface area contributed by atoms with Crippen LogP contribution in [0.3, 0.4) is 0 Å². The van der Waals surface area contributed by atoms with Crippen molar-refractivity contribution in [1.29, 1.82) is 0 Å². The highest BCUT2D eigenvalue weighted by molar-refractivity contribution is 6.43. The van der Waals surface area contributed by atoms with E-state index < -0.39 is 127 Å². The van der Waals surface area contributed by atoms with Gasteiger partial charge in [0.2, 0.25) is 11.7 Å². The van der Waals surface area contributed by atoms with Gasteiger partial charge in [0.1, 0.15) is 41.2 Å². The number of nitrogens with one attached hydrogen (secondary N) is 2. The molecule has 0 radical (unpaired) electrons. The number of nitrogens with two attached hydrogens (primary N) is 1. The van der Waals surface area contributed by atoms with Gasteiger partial charge in [0.15, 0.2) is 17.9 Å². The Kier molecular flexibility index (Phi) is 15.9. The molecule has 1 aliphatic heterocycles. The summed E-state index contributed by atoms with van der Waals surface area (Å²) in [6, 6.07) is 12.0. The summed E-state index contributed by atoms with van der Waals surface area (Å²) in [5.74, 6) is -5.50. The Morgan fingerprint density at radius 2 is 1.69 bits per heavy atom. The number of rotatable bonds is 14. The number of hydrogen-bond acceptors (Lipinski definition) is 18. The van der Waals surface area contributed by atoms with Crippen LogP contribution in [0.15, 0.2) is 67.1 Å². The number of aliphatic hydroxyl groups is 3. The van der Waals surface area contributed by atoms with Gasteiger partial charge in [0, 0.05) is 60.8 Å². The van der Waals surface area contributed by atoms with Crippen LogP contribution >= 0.6 is 0 Å². The third-order valence-corrected chi connectivity index (χ3v) is 11.9. The largest absolute Gasteiger partial charge is 0.507 e. The highest BCUT2D eigenvalue weighted by atomic mass is 16.7. The highest BCUT2D eigenvalue weighted by Gasteiger charge is 2.50. The molecule has 2 heterocycles. The lowest BCUT2D eigenvalue weighted by molar-refractivity contribution is -0.247. The minimum absolute atomic E-state index is 0.0173. The predicted molar refractivity (Wildman–Crippen MR) is 237 cm³/mol. The van der Waals surface area contributed by atoms with Gasteiger partial charge in [-0.25, -0.2) is 4.98 Å². The quantitative estimate of drug-likeness (QED) is 0.0531. The highest BCUT2D eigenvalue weighted by Crippen LogP contribution is 2.52. The molecular formula is C46H54BN5O15. The van der Waals surface area contributed by atoms with E-state index in [4.69, 9.17) is 19.9 Å². The zero-order valence-electron chi connectivity index (χ0n) is 37.2. The van der Waals surface area contributed by atoms with Crippen molar-refractivity contribution in [3.8, 4) is 17.2 Å². The summed E-state index contributed by atoms with van der Waals surface area (Å²) >= 11 is 0. The number of benzene rings is 3. The van der Waals surface area contributed by atoms with Crippen molar-refractivity contribution in [3.05, 3.63) is 112 Å². The monoisotopic (exact) mass is 927 g/mol. The number of ether oxygens (including phenoxy) is 3. The second-order valence-electron chi connectivity index (χ2n) is 17.1. The number of aromatic hydroxyl groups is 2. The normalized spacial score (nSPS) is 22.8. The predicted octanol–water partition coefficient (Wildman–Crippen LogP) is 0.362. The number of nitrogens with zero attached hydrogens (tertiary/aromatic N) is 2. The van der Waals surface area contributed by atoms with Crippen LogP contribution in [0.2, 0.25) is 0 Å². The number of phenols is 2. The first-order valence-electron chi connectivity index (χ1n) is 21.5. The first-order valence-corrected chi connectivity index (χ1v) is 21.5. The van der Waals surface area contributed by atoms with E-state index in [1.54, 1.807) is 6.92 Å². The number of hydrogen-bond donors (Lipinski definition) is 10. The van der Waals surface area contributed by atoms with E-state index >= 15 is 0 Å². The SMILES string of the molecule is CC(C)CC(NC(=O)C(Cc1ccccc1)NC(=O)c1cnccn1)B(O)O.COc1cccc2c1C(=O)c1c(O)c3c(c(O)c1C2=O)C[C@@](O)(C(=O)CO)C[C@@H]3O[C@H]1C[C@H](N)[C@H](O)[C@H](C)O1. The minimum Gasteiger partial charge on any atom is -0.507 e. The maximum Gasteiger partial charge on any atom is 0.475 e. The Bertz CT molecular complexity index is 2470. The second kappa shape index (κ2) is 21.2. The van der Waals surface area contributed by atoms with Crippen LogP contribution in [0.25, 0.3) is 0 Å². The minimum atomic E-state index is -2.24. The zero-order valence-corrected chi connectivity index (χ0v) is 37.2. The van der Waals surface area contributed by atoms with Gasteiger partial charge in [-0.15, -0.1) is 0 Å². The van der Waals surface area contributed by atoms with Crippen molar-refractivity contribution >= 4 is 36.3 Å². The molecule has 67 heavy (non-hydrogen) atoms. The Morgan fingerprint density at radius 3 is 2.30 bits per heavy atom. The van der Waals surface area contributed by atoms with Gasteiger partial charge >= 0.3 is 7.12 Å². The van der Waals surface area contributed by atoms with Crippen LogP contribution in [-0.2, 0) is 31.9 Å². The number of amides is 2. The molecule has 11 N–H and O–H groups in total. The van der Waals surface area contributed by atoms with Crippen molar-refractivity contribution in [2.75, 3.05) is 13.7 Å². The van der Waals surface area contributed by atoms with E-state index in [0.717, 1.165) is 5.56 Å². The molecule has 3 aromatic carbocycles. The van der Waals surface area contributed by atoms with E-state index in [9.17, 15) is 59.6 Å². The third-order valence-electron chi connectivity index (χ3n) is 11.9. The van der Waals surface area contributed by atoms with Crippen molar-refractivity contribution in [2.24, 2.45) is 11.7 Å². The molecule has 7 rings (SSSR count). The lowest BCUT2D eigenvalue weighted by Gasteiger charge is -2.42. The van der Waals surface area contributed by atoms with Crippen LogP contribution < -0.4 is 21.1 Å². The number of aliphatic hydroxyl groups excluding tert-OH is 2. The molecule has 1 fully saturated rings. The fraction of sp³-hybridized carbons (Fsp3) is 0.413. The molecule has 3 aliphatic rings. The maximum atomic E-state index is 13.6. The summed E-state index contributed by atoms with van der Waals surface area (Å²) in [4.78, 5) is 72.8. The topological polar surface area (TPSA) is 331 Å². The first-order chi connectivity index (χ1) is 31.8. The van der Waals surface area contributed by atoms with Crippen molar-refractivity contribution in [2.45, 2.75) is 101 Å². The number of ketones is 3. The van der Waals surface area contributed by atoms with Gasteiger partial charge in [-0.2, -0.15) is 0 Å². The smallest absolute Gasteiger partial charge is 0.475 e. The van der Waals surface area contributed by atoms with Crippen LogP contribution in [0.1, 0.15) is 105 Å². The molecule has 21 heteroatoms. The standard InChI is InChI=1S/C27H29NO11.C19H25BN4O4/c1-10-22(31)13(28)6-17(38-10)39-15-8-27(36,16(30)9-29)7-12-19(15)26(35)21-20(24(12)33)23(32)11-4-3-5-14(37-2)18(11)25(21)34;1-13(2)10-17(20(27)28)24-18(25)15(11-14-6-4-3-5-7-14)23-19(26)16-12-21-8-9-22-16/h3-5,10,13,15,17,22,29,31,33,35-36H,6-9,28H2,1-2H3;3-9,12-13,15,17,27-28H,10-11H2,1-2H3,(H,23,26)(H,24,25)/t10-,13-,15-,17-,22+,27-;/m0./s1. The van der Waals surface area contributed by atoms with E-state index in [0.29, 0.717) is 6.42 Å². The third kappa shape index (κ3) is 10.8. The van der Waals surface area contributed by atoms with E-state index in [1.807, 2.05) is 44.2 Å². The van der Waals surface area contributed by atoms with Crippen LogP contribution in [0.5, 0.6) is 17.2 Å². The van der Waals surface area contributed by atoms with Crippen LogP contribution in [-0.4, -0.2) is 138 Å². The lowest BCUT2D eigenvalue weighted by Crippen LogP contribution is -2.55. The summed E-state index contributed by atoms with van der Waals surface area (Å²) in [5.41, 5.74) is 3.32. The van der Waals surface area contributed by atoms with Crippen molar-refractivity contribution < 1.29 is 73.8 Å². The molecule has 8 atom stereocenters. The molecule has 4 aromatic rings. The molecule has 20 nitrogen and oxygen atoms in total. The molecule has 2 amide bonds. The fourth-order valence-corrected chi connectivity index (χ4v) is 8.50. The molecule has 2 unspecified atom stereocenters. The van der Waals surface area contributed by atoms with Gasteiger partial charge in [0.05, 0.1) is 54.3 Å². The number of phenolic OH excluding ortho intramolecular Hbond substituents is 2. The summed E-state index contributed by atoms with van der Waals surface area (Å²) < 4.78 is 17.0. The van der Waals surface area contributed by atoms with Crippen LogP contribution in [0, 0.1) is 5.92 Å². The molecule has 2 aliphatic carbocycles. The van der Waals surface area contributed by atoms with Gasteiger partial charge in [0.25, 0.3) is 5.91 Å². The summed E-state index contributed by atoms with van der Waals surface area (Å²) in [6.07, 6.45) is -0.339. The Labute approximate surface area is 385 Å². The van der Waals surface area contributed by atoms with Gasteiger partial charge < -0.3 is 66.2 Å². The Morgan fingerprint density at radius 1 is 0.985 bits per heavy atom. The number of fused-ring (bicyclic) bond motifs is 3. The zero-order chi connectivity index (χ0) is 48.9. The van der Waals surface area contributed by atoms with E-state index in [2.05, 4.69) is 20.6 Å².